The third kappa shape index (κ3) is 5.48. The summed E-state index contributed by atoms with van der Waals surface area (Å²) in [5, 5.41) is 12.1. The Morgan fingerprint density at radius 3 is 2.46 bits per heavy atom. The van der Waals surface area contributed by atoms with Crippen molar-refractivity contribution in [1.29, 1.82) is 0 Å². The molecule has 0 saturated heterocycles. The Bertz CT molecular complexity index is 1440. The monoisotopic (exact) mass is 471 g/mol. The van der Waals surface area contributed by atoms with Crippen molar-refractivity contribution in [3.05, 3.63) is 105 Å². The van der Waals surface area contributed by atoms with Gasteiger partial charge in [-0.15, -0.1) is 0 Å². The molecule has 35 heavy (non-hydrogen) atoms. The summed E-state index contributed by atoms with van der Waals surface area (Å²) in [5.41, 5.74) is 7.23. The molecule has 8 heteroatoms. The zero-order valence-corrected chi connectivity index (χ0v) is 20.6. The van der Waals surface area contributed by atoms with Crippen molar-refractivity contribution in [2.75, 3.05) is 0 Å². The molecule has 0 aliphatic carbocycles. The topological polar surface area (TPSA) is 83.5 Å². The van der Waals surface area contributed by atoms with Gasteiger partial charge in [-0.3, -0.25) is 0 Å². The SMILES string of the molecule is CC(=NOCc1cccc(C)c1)c1ccc(OCc2c(C)cccc2-n2nnn(C)c2=O)c(C)c1. The first-order chi connectivity index (χ1) is 16.8. The molecule has 180 valence electrons. The quantitative estimate of drug-likeness (QED) is 0.281. The number of ether oxygens (including phenoxy) is 1. The van der Waals surface area contributed by atoms with Crippen molar-refractivity contribution in [3.8, 4) is 11.4 Å². The van der Waals surface area contributed by atoms with E-state index in [1.54, 1.807) is 7.05 Å². The molecule has 0 amide bonds. The normalized spacial score (nSPS) is 11.5. The fourth-order valence-electron chi connectivity index (χ4n) is 3.78. The summed E-state index contributed by atoms with van der Waals surface area (Å²) in [5.74, 6) is 0.753. The number of hydrogen-bond donors (Lipinski definition) is 0. The summed E-state index contributed by atoms with van der Waals surface area (Å²) in [6.45, 7) is 8.66. The van der Waals surface area contributed by atoms with E-state index in [4.69, 9.17) is 9.57 Å². The smallest absolute Gasteiger partial charge is 0.368 e. The van der Waals surface area contributed by atoms with Crippen LogP contribution in [-0.4, -0.2) is 25.5 Å². The Morgan fingerprint density at radius 1 is 0.943 bits per heavy atom. The molecule has 0 saturated carbocycles. The van der Waals surface area contributed by atoms with Crippen LogP contribution in [0.4, 0.5) is 0 Å². The second kappa shape index (κ2) is 10.4. The predicted octanol–water partition coefficient (Wildman–Crippen LogP) is 4.41. The second-order valence-electron chi connectivity index (χ2n) is 8.58. The minimum Gasteiger partial charge on any atom is -0.489 e. The summed E-state index contributed by atoms with van der Waals surface area (Å²) >= 11 is 0. The summed E-state index contributed by atoms with van der Waals surface area (Å²) in [4.78, 5) is 17.9. The fraction of sp³-hybridized carbons (Fsp3) is 0.259. The van der Waals surface area contributed by atoms with E-state index < -0.39 is 0 Å². The average molecular weight is 472 g/mol. The van der Waals surface area contributed by atoms with Gasteiger partial charge in [0, 0.05) is 12.6 Å². The molecule has 0 aliphatic heterocycles. The van der Waals surface area contributed by atoms with Gasteiger partial charge >= 0.3 is 5.69 Å². The predicted molar refractivity (Wildman–Crippen MR) is 135 cm³/mol. The van der Waals surface area contributed by atoms with E-state index in [-0.39, 0.29) is 12.3 Å². The first-order valence-electron chi connectivity index (χ1n) is 11.4. The molecule has 4 aromatic rings. The van der Waals surface area contributed by atoms with Crippen LogP contribution >= 0.6 is 0 Å². The van der Waals surface area contributed by atoms with Crippen LogP contribution < -0.4 is 10.4 Å². The first-order valence-corrected chi connectivity index (χ1v) is 11.4. The average Bonchev–Trinajstić information content (AvgIpc) is 3.16. The van der Waals surface area contributed by atoms with Gasteiger partial charge in [0.05, 0.1) is 11.4 Å². The molecule has 0 radical (unpaired) electrons. The number of tetrazole rings is 1. The van der Waals surface area contributed by atoms with E-state index in [0.29, 0.717) is 12.3 Å². The summed E-state index contributed by atoms with van der Waals surface area (Å²) in [7, 11) is 1.57. The molecule has 0 atom stereocenters. The van der Waals surface area contributed by atoms with Gasteiger partial charge in [-0.25, -0.2) is 4.79 Å². The third-order valence-electron chi connectivity index (χ3n) is 5.82. The Kier molecular flexibility index (Phi) is 7.10. The van der Waals surface area contributed by atoms with Crippen molar-refractivity contribution >= 4 is 5.71 Å². The highest BCUT2D eigenvalue weighted by atomic mass is 16.6. The fourth-order valence-corrected chi connectivity index (χ4v) is 3.78. The third-order valence-corrected chi connectivity index (χ3v) is 5.82. The number of nitrogens with zero attached hydrogens (tertiary/aromatic N) is 5. The van der Waals surface area contributed by atoms with Gasteiger partial charge in [0.25, 0.3) is 0 Å². The van der Waals surface area contributed by atoms with Crippen LogP contribution in [0.25, 0.3) is 5.69 Å². The van der Waals surface area contributed by atoms with Crippen LogP contribution in [0.1, 0.15) is 40.3 Å². The van der Waals surface area contributed by atoms with Gasteiger partial charge in [0.15, 0.2) is 0 Å². The Balaban J connectivity index is 1.46. The Morgan fingerprint density at radius 2 is 1.74 bits per heavy atom. The van der Waals surface area contributed by atoms with Gasteiger partial charge in [-0.2, -0.15) is 9.36 Å². The number of hydrogen-bond acceptors (Lipinski definition) is 6. The molecule has 0 unspecified atom stereocenters. The van der Waals surface area contributed by atoms with Crippen LogP contribution in [0.15, 0.2) is 70.6 Å². The van der Waals surface area contributed by atoms with Crippen molar-refractivity contribution in [3.63, 3.8) is 0 Å². The van der Waals surface area contributed by atoms with Gasteiger partial charge in [0.2, 0.25) is 0 Å². The van der Waals surface area contributed by atoms with Crippen molar-refractivity contribution in [2.24, 2.45) is 12.2 Å². The van der Waals surface area contributed by atoms with E-state index >= 15 is 0 Å². The van der Waals surface area contributed by atoms with E-state index in [0.717, 1.165) is 39.3 Å². The number of benzene rings is 3. The number of rotatable bonds is 8. The molecule has 4 rings (SSSR count). The lowest BCUT2D eigenvalue weighted by molar-refractivity contribution is 0.130. The van der Waals surface area contributed by atoms with Gasteiger partial charge in [-0.05, 0) is 84.6 Å². The maximum Gasteiger partial charge on any atom is 0.368 e. The maximum absolute atomic E-state index is 12.4. The molecule has 0 aliphatic rings. The van der Waals surface area contributed by atoms with Crippen LogP contribution in [0.3, 0.4) is 0 Å². The van der Waals surface area contributed by atoms with E-state index in [2.05, 4.69) is 34.6 Å². The second-order valence-corrected chi connectivity index (χ2v) is 8.58. The highest BCUT2D eigenvalue weighted by Crippen LogP contribution is 2.24. The van der Waals surface area contributed by atoms with Crippen molar-refractivity contribution in [2.45, 2.75) is 40.9 Å². The highest BCUT2D eigenvalue weighted by Gasteiger charge is 2.14. The van der Waals surface area contributed by atoms with Gasteiger partial charge in [0.1, 0.15) is 19.0 Å². The molecule has 1 heterocycles. The minimum absolute atomic E-state index is 0.290. The van der Waals surface area contributed by atoms with Crippen molar-refractivity contribution < 1.29 is 9.57 Å². The largest absolute Gasteiger partial charge is 0.489 e. The van der Waals surface area contributed by atoms with E-state index in [9.17, 15) is 4.79 Å². The number of oxime groups is 1. The molecule has 8 nitrogen and oxygen atoms in total. The molecule has 0 fully saturated rings. The molecular weight excluding hydrogens is 442 g/mol. The zero-order valence-electron chi connectivity index (χ0n) is 20.6. The standard InChI is InChI=1S/C27H29N5O3/c1-18-8-6-10-22(14-18)16-35-28-21(4)23-12-13-26(20(3)15-23)34-17-24-19(2)9-7-11-25(24)32-27(33)31(5)29-30-32/h6-15H,16-17H2,1-5H3. The minimum atomic E-state index is -0.309. The molecule has 0 spiro atoms. The molecular formula is C27H29N5O3. The summed E-state index contributed by atoms with van der Waals surface area (Å²) in [6.07, 6.45) is 0. The van der Waals surface area contributed by atoms with E-state index in [1.807, 2.05) is 69.3 Å². The highest BCUT2D eigenvalue weighted by molar-refractivity contribution is 5.98. The zero-order chi connectivity index (χ0) is 24.9. The van der Waals surface area contributed by atoms with Gasteiger partial charge in [-0.1, -0.05) is 47.1 Å². The Hall–Kier alpha value is -4.20. The summed E-state index contributed by atoms with van der Waals surface area (Å²) in [6, 6.07) is 19.8. The molecule has 3 aromatic carbocycles. The lowest BCUT2D eigenvalue weighted by Gasteiger charge is -2.15. The molecule has 1 aromatic heterocycles. The number of aromatic nitrogens is 4. The molecule has 0 bridgehead atoms. The van der Waals surface area contributed by atoms with Gasteiger partial charge < -0.3 is 9.57 Å². The Labute approximate surface area is 204 Å². The molecule has 0 N–H and O–H groups in total. The van der Waals surface area contributed by atoms with Crippen LogP contribution in [0.5, 0.6) is 5.75 Å². The van der Waals surface area contributed by atoms with Crippen LogP contribution in [0, 0.1) is 20.8 Å². The summed E-state index contributed by atoms with van der Waals surface area (Å²) < 4.78 is 8.64. The van der Waals surface area contributed by atoms with Crippen LogP contribution in [-0.2, 0) is 25.1 Å². The number of aryl methyl sites for hydroxylation is 4. The lowest BCUT2D eigenvalue weighted by atomic mass is 10.1. The van der Waals surface area contributed by atoms with Crippen LogP contribution in [0.2, 0.25) is 0 Å². The lowest BCUT2D eigenvalue weighted by Crippen LogP contribution is -2.23. The maximum atomic E-state index is 12.4. The first kappa shape index (κ1) is 23.9. The van der Waals surface area contributed by atoms with Crippen molar-refractivity contribution in [1.82, 2.24) is 19.8 Å². The van der Waals surface area contributed by atoms with E-state index in [1.165, 1.54) is 14.9 Å².